The van der Waals surface area contributed by atoms with Gasteiger partial charge in [0.1, 0.15) is 11.6 Å². The molecule has 8 heteroatoms. The van der Waals surface area contributed by atoms with E-state index in [1.807, 2.05) is 37.2 Å². The number of hydrogen-bond donors (Lipinski definition) is 2. The van der Waals surface area contributed by atoms with Gasteiger partial charge in [0.2, 0.25) is 5.95 Å². The number of nitrogens with one attached hydrogen (secondary N) is 2. The van der Waals surface area contributed by atoms with Crippen molar-refractivity contribution in [1.29, 1.82) is 0 Å². The van der Waals surface area contributed by atoms with Gasteiger partial charge in [-0.25, -0.2) is 4.98 Å². The van der Waals surface area contributed by atoms with E-state index in [4.69, 9.17) is 16.0 Å². The molecule has 2 N–H and O–H groups in total. The SMILES string of the molecule is CN(C)c1ccnc(NC2CCC(NC(=O)c3ccc(-c4ccc(Cl)cc4)o3)CC2)n1. The minimum Gasteiger partial charge on any atom is -0.451 e. The van der Waals surface area contributed by atoms with Crippen molar-refractivity contribution in [2.45, 2.75) is 37.8 Å². The molecule has 1 aromatic carbocycles. The molecule has 0 radical (unpaired) electrons. The van der Waals surface area contributed by atoms with Crippen LogP contribution in [0.5, 0.6) is 0 Å². The van der Waals surface area contributed by atoms with Crippen LogP contribution in [0, 0.1) is 0 Å². The van der Waals surface area contributed by atoms with Gasteiger partial charge in [0.25, 0.3) is 5.91 Å². The summed E-state index contributed by atoms with van der Waals surface area (Å²) in [4.78, 5) is 23.4. The van der Waals surface area contributed by atoms with Gasteiger partial charge < -0.3 is 20.0 Å². The van der Waals surface area contributed by atoms with Gasteiger partial charge in [-0.2, -0.15) is 4.98 Å². The van der Waals surface area contributed by atoms with E-state index >= 15 is 0 Å². The van der Waals surface area contributed by atoms with E-state index in [-0.39, 0.29) is 11.9 Å². The Kier molecular flexibility index (Phi) is 6.42. The molecule has 1 aliphatic carbocycles. The summed E-state index contributed by atoms with van der Waals surface area (Å²) in [6.07, 6.45) is 5.42. The number of amides is 1. The molecule has 31 heavy (non-hydrogen) atoms. The molecule has 1 saturated carbocycles. The maximum Gasteiger partial charge on any atom is 0.287 e. The first-order chi connectivity index (χ1) is 15.0. The van der Waals surface area contributed by atoms with Gasteiger partial charge >= 0.3 is 0 Å². The van der Waals surface area contributed by atoms with Crippen molar-refractivity contribution in [3.63, 3.8) is 0 Å². The van der Waals surface area contributed by atoms with Crippen LogP contribution in [0.4, 0.5) is 11.8 Å². The van der Waals surface area contributed by atoms with E-state index in [2.05, 4.69) is 20.6 Å². The van der Waals surface area contributed by atoms with Crippen molar-refractivity contribution in [2.24, 2.45) is 0 Å². The average molecular weight is 440 g/mol. The van der Waals surface area contributed by atoms with E-state index in [1.165, 1.54) is 0 Å². The van der Waals surface area contributed by atoms with Crippen LogP contribution in [0.3, 0.4) is 0 Å². The number of carbonyl (C=O) groups is 1. The highest BCUT2D eigenvalue weighted by atomic mass is 35.5. The number of nitrogens with zero attached hydrogens (tertiary/aromatic N) is 3. The fraction of sp³-hybridized carbons (Fsp3) is 0.348. The number of aromatic nitrogens is 2. The molecule has 7 nitrogen and oxygen atoms in total. The molecule has 162 valence electrons. The minimum absolute atomic E-state index is 0.128. The quantitative estimate of drug-likeness (QED) is 0.583. The van der Waals surface area contributed by atoms with Gasteiger partial charge in [0.15, 0.2) is 5.76 Å². The van der Waals surface area contributed by atoms with Crippen molar-refractivity contribution in [1.82, 2.24) is 15.3 Å². The average Bonchev–Trinajstić information content (AvgIpc) is 3.26. The number of anilines is 2. The van der Waals surface area contributed by atoms with E-state index in [0.29, 0.717) is 28.5 Å². The van der Waals surface area contributed by atoms with Gasteiger partial charge in [0, 0.05) is 43.0 Å². The van der Waals surface area contributed by atoms with Crippen LogP contribution in [-0.2, 0) is 0 Å². The van der Waals surface area contributed by atoms with Crippen LogP contribution in [0.15, 0.2) is 53.1 Å². The molecule has 0 bridgehead atoms. The van der Waals surface area contributed by atoms with Crippen molar-refractivity contribution in [3.05, 3.63) is 59.4 Å². The third kappa shape index (κ3) is 5.35. The maximum atomic E-state index is 12.6. The molecule has 2 aromatic heterocycles. The lowest BCUT2D eigenvalue weighted by Gasteiger charge is -2.29. The molecule has 0 spiro atoms. The van der Waals surface area contributed by atoms with Crippen molar-refractivity contribution in [2.75, 3.05) is 24.3 Å². The molecule has 1 aliphatic rings. The Morgan fingerprint density at radius 1 is 1.03 bits per heavy atom. The van der Waals surface area contributed by atoms with Gasteiger partial charge in [-0.15, -0.1) is 0 Å². The highest BCUT2D eigenvalue weighted by molar-refractivity contribution is 6.30. The summed E-state index contributed by atoms with van der Waals surface area (Å²) >= 11 is 5.93. The molecule has 0 unspecified atom stereocenters. The topological polar surface area (TPSA) is 83.3 Å². The lowest BCUT2D eigenvalue weighted by molar-refractivity contribution is 0.0899. The van der Waals surface area contributed by atoms with Gasteiger partial charge in [-0.1, -0.05) is 11.6 Å². The van der Waals surface area contributed by atoms with Crippen molar-refractivity contribution in [3.8, 4) is 11.3 Å². The van der Waals surface area contributed by atoms with Crippen LogP contribution in [0.1, 0.15) is 36.2 Å². The van der Waals surface area contributed by atoms with Crippen LogP contribution < -0.4 is 15.5 Å². The Labute approximate surface area is 186 Å². The van der Waals surface area contributed by atoms with E-state index in [9.17, 15) is 4.79 Å². The first-order valence-corrected chi connectivity index (χ1v) is 10.8. The van der Waals surface area contributed by atoms with Crippen LogP contribution in [-0.4, -0.2) is 42.1 Å². The lowest BCUT2D eigenvalue weighted by Crippen LogP contribution is -2.40. The largest absolute Gasteiger partial charge is 0.451 e. The normalized spacial score (nSPS) is 18.4. The summed E-state index contributed by atoms with van der Waals surface area (Å²) in [6, 6.07) is 13.2. The lowest BCUT2D eigenvalue weighted by atomic mass is 9.91. The van der Waals surface area contributed by atoms with Gasteiger partial charge in [-0.3, -0.25) is 4.79 Å². The minimum atomic E-state index is -0.182. The second-order valence-electron chi connectivity index (χ2n) is 7.97. The maximum absolute atomic E-state index is 12.6. The first-order valence-electron chi connectivity index (χ1n) is 10.4. The molecular formula is C23H26ClN5O2. The number of halogens is 1. The second-order valence-corrected chi connectivity index (χ2v) is 8.41. The smallest absolute Gasteiger partial charge is 0.287 e. The zero-order valence-corrected chi connectivity index (χ0v) is 18.4. The molecule has 0 aliphatic heterocycles. The second kappa shape index (κ2) is 9.39. The zero-order chi connectivity index (χ0) is 21.8. The van der Waals surface area contributed by atoms with E-state index < -0.39 is 0 Å². The van der Waals surface area contributed by atoms with Crippen molar-refractivity contribution < 1.29 is 9.21 Å². The Hall–Kier alpha value is -3.06. The Morgan fingerprint density at radius 3 is 2.45 bits per heavy atom. The fourth-order valence-electron chi connectivity index (χ4n) is 3.72. The van der Waals surface area contributed by atoms with Crippen LogP contribution in [0.2, 0.25) is 5.02 Å². The summed E-state index contributed by atoms with van der Waals surface area (Å²) < 4.78 is 5.76. The Morgan fingerprint density at radius 2 is 1.74 bits per heavy atom. The summed E-state index contributed by atoms with van der Waals surface area (Å²) in [5.74, 6) is 2.30. The number of rotatable bonds is 6. The molecule has 4 rings (SSSR count). The monoisotopic (exact) mass is 439 g/mol. The molecule has 0 atom stereocenters. The Bertz CT molecular complexity index is 1030. The van der Waals surface area contributed by atoms with Gasteiger partial charge in [0.05, 0.1) is 0 Å². The summed E-state index contributed by atoms with van der Waals surface area (Å²) in [7, 11) is 3.91. The molecule has 3 aromatic rings. The number of furan rings is 1. The Balaban J connectivity index is 1.28. The van der Waals surface area contributed by atoms with Gasteiger partial charge in [-0.05, 0) is 68.1 Å². The predicted molar refractivity (Wildman–Crippen MR) is 123 cm³/mol. The highest BCUT2D eigenvalue weighted by Crippen LogP contribution is 2.25. The standard InChI is InChI=1S/C23H26ClN5O2/c1-29(2)21-13-14-25-23(28-21)27-18-9-7-17(8-10-18)26-22(30)20-12-11-19(31-20)15-3-5-16(24)6-4-15/h3-6,11-14,17-18H,7-10H2,1-2H3,(H,26,30)(H,25,27,28). The molecule has 2 heterocycles. The molecule has 1 amide bonds. The number of hydrogen-bond acceptors (Lipinski definition) is 6. The summed E-state index contributed by atoms with van der Waals surface area (Å²) in [6.45, 7) is 0. The third-order valence-electron chi connectivity index (χ3n) is 5.45. The summed E-state index contributed by atoms with van der Waals surface area (Å²) in [5.41, 5.74) is 0.885. The fourth-order valence-corrected chi connectivity index (χ4v) is 3.84. The van der Waals surface area contributed by atoms with E-state index in [0.717, 1.165) is 37.1 Å². The zero-order valence-electron chi connectivity index (χ0n) is 17.6. The number of carbonyl (C=O) groups excluding carboxylic acids is 1. The third-order valence-corrected chi connectivity index (χ3v) is 5.71. The summed E-state index contributed by atoms with van der Waals surface area (Å²) in [5, 5.41) is 7.18. The molecule has 0 saturated heterocycles. The number of benzene rings is 1. The van der Waals surface area contributed by atoms with E-state index in [1.54, 1.807) is 30.5 Å². The van der Waals surface area contributed by atoms with Crippen molar-refractivity contribution >= 4 is 29.3 Å². The first kappa shape index (κ1) is 21.2. The molecule has 1 fully saturated rings. The predicted octanol–water partition coefficient (Wildman–Crippen LogP) is 4.61. The van der Waals surface area contributed by atoms with Crippen LogP contribution in [0.25, 0.3) is 11.3 Å². The molecular weight excluding hydrogens is 414 g/mol. The van der Waals surface area contributed by atoms with Crippen LogP contribution >= 0.6 is 11.6 Å². The highest BCUT2D eigenvalue weighted by Gasteiger charge is 2.24.